The molecular weight excluding hydrogens is 277 g/mol. The van der Waals surface area contributed by atoms with Crippen LogP contribution in [0.5, 0.6) is 0 Å². The highest BCUT2D eigenvalue weighted by atomic mass is 32.1. The largest absolute Gasteiger partial charge is 0.347 e. The number of amides is 1. The first kappa shape index (κ1) is 12.8. The van der Waals surface area contributed by atoms with E-state index in [-0.39, 0.29) is 11.7 Å². The second kappa shape index (κ2) is 5.05. The Kier molecular flexibility index (Phi) is 3.23. The number of H-pyrrole nitrogens is 1. The fraction of sp³-hybridized carbons (Fsp3) is 0.143. The van der Waals surface area contributed by atoms with Crippen LogP contribution in [0.15, 0.2) is 30.5 Å². The normalized spacial score (nSPS) is 10.9. The number of carbonyl (C=O) groups excluding carboxylic acids is 1. The zero-order chi connectivity index (χ0) is 14.1. The highest BCUT2D eigenvalue weighted by Crippen LogP contribution is 2.26. The van der Waals surface area contributed by atoms with E-state index in [0.29, 0.717) is 11.4 Å². The van der Waals surface area contributed by atoms with Crippen molar-refractivity contribution in [3.05, 3.63) is 52.4 Å². The average molecular weight is 289 g/mol. The first-order valence-electron chi connectivity index (χ1n) is 6.09. The number of aromatic nitrogens is 2. The number of rotatable bonds is 3. The van der Waals surface area contributed by atoms with Crippen molar-refractivity contribution in [2.24, 2.45) is 0 Å². The van der Waals surface area contributed by atoms with Crippen LogP contribution >= 0.6 is 11.3 Å². The molecular formula is C14H12FN3OS. The fourth-order valence-electron chi connectivity index (χ4n) is 1.94. The van der Waals surface area contributed by atoms with Gasteiger partial charge in [0.2, 0.25) is 0 Å². The molecule has 2 aromatic heterocycles. The molecule has 0 atom stereocenters. The van der Waals surface area contributed by atoms with Crippen LogP contribution in [0.25, 0.3) is 10.1 Å². The van der Waals surface area contributed by atoms with Gasteiger partial charge in [-0.15, -0.1) is 11.3 Å². The van der Waals surface area contributed by atoms with Crippen LogP contribution in [-0.4, -0.2) is 16.1 Å². The highest BCUT2D eigenvalue weighted by Gasteiger charge is 2.11. The second-order valence-electron chi connectivity index (χ2n) is 4.50. The maximum atomic E-state index is 13.1. The van der Waals surface area contributed by atoms with E-state index in [2.05, 4.69) is 15.5 Å². The van der Waals surface area contributed by atoms with Gasteiger partial charge in [-0.3, -0.25) is 9.89 Å². The molecule has 0 saturated heterocycles. The lowest BCUT2D eigenvalue weighted by Gasteiger charge is -2.01. The third kappa shape index (κ3) is 2.42. The quantitative estimate of drug-likeness (QED) is 0.778. The second-order valence-corrected chi connectivity index (χ2v) is 5.58. The molecule has 0 aliphatic rings. The van der Waals surface area contributed by atoms with E-state index in [0.717, 1.165) is 21.3 Å². The Bertz CT molecular complexity index is 778. The van der Waals surface area contributed by atoms with Crippen molar-refractivity contribution >= 4 is 27.3 Å². The van der Waals surface area contributed by atoms with Gasteiger partial charge in [-0.05, 0) is 36.6 Å². The third-order valence-corrected chi connectivity index (χ3v) is 4.19. The van der Waals surface area contributed by atoms with Gasteiger partial charge in [-0.1, -0.05) is 0 Å². The lowest BCUT2D eigenvalue weighted by atomic mass is 10.2. The topological polar surface area (TPSA) is 57.8 Å². The van der Waals surface area contributed by atoms with Gasteiger partial charge in [0, 0.05) is 22.5 Å². The van der Waals surface area contributed by atoms with E-state index in [1.165, 1.54) is 23.5 Å². The van der Waals surface area contributed by atoms with Crippen molar-refractivity contribution in [2.45, 2.75) is 13.5 Å². The van der Waals surface area contributed by atoms with Gasteiger partial charge in [0.05, 0.1) is 11.1 Å². The molecule has 1 amide bonds. The number of hydrogen-bond acceptors (Lipinski definition) is 3. The Hall–Kier alpha value is -2.21. The van der Waals surface area contributed by atoms with E-state index < -0.39 is 0 Å². The third-order valence-electron chi connectivity index (χ3n) is 3.08. The Morgan fingerprint density at radius 2 is 2.30 bits per heavy atom. The Balaban J connectivity index is 1.77. The number of aryl methyl sites for hydroxylation is 1. The standard InChI is InChI=1S/C14H12FN3OS/c1-8-10(7-17-18-8)6-16-14(19)13-5-9-4-11(15)2-3-12(9)20-13/h2-5,7H,6H2,1H3,(H,16,19)(H,17,18). The summed E-state index contributed by atoms with van der Waals surface area (Å²) in [6, 6.07) is 6.23. The van der Waals surface area contributed by atoms with Gasteiger partial charge in [-0.25, -0.2) is 4.39 Å². The van der Waals surface area contributed by atoms with Crippen LogP contribution in [0.1, 0.15) is 20.9 Å². The van der Waals surface area contributed by atoms with Gasteiger partial charge in [-0.2, -0.15) is 5.10 Å². The predicted octanol–water partition coefficient (Wildman–Crippen LogP) is 3.00. The molecule has 0 radical (unpaired) electrons. The van der Waals surface area contributed by atoms with E-state index in [4.69, 9.17) is 0 Å². The van der Waals surface area contributed by atoms with E-state index in [1.807, 2.05) is 6.92 Å². The van der Waals surface area contributed by atoms with Gasteiger partial charge < -0.3 is 5.32 Å². The summed E-state index contributed by atoms with van der Waals surface area (Å²) in [6.45, 7) is 2.32. The first-order valence-corrected chi connectivity index (χ1v) is 6.91. The Morgan fingerprint density at radius 3 is 3.05 bits per heavy atom. The molecule has 102 valence electrons. The molecule has 0 saturated carbocycles. The highest BCUT2D eigenvalue weighted by molar-refractivity contribution is 7.20. The molecule has 2 N–H and O–H groups in total. The molecule has 6 heteroatoms. The minimum Gasteiger partial charge on any atom is -0.347 e. The monoisotopic (exact) mass is 289 g/mol. The summed E-state index contributed by atoms with van der Waals surface area (Å²) in [5.41, 5.74) is 1.88. The molecule has 4 nitrogen and oxygen atoms in total. The number of nitrogens with one attached hydrogen (secondary N) is 2. The van der Waals surface area contributed by atoms with Gasteiger partial charge in [0.25, 0.3) is 5.91 Å². The molecule has 0 spiro atoms. The summed E-state index contributed by atoms with van der Waals surface area (Å²) >= 11 is 1.35. The molecule has 0 bridgehead atoms. The Morgan fingerprint density at radius 1 is 1.45 bits per heavy atom. The fourth-order valence-corrected chi connectivity index (χ4v) is 2.90. The Labute approximate surface area is 118 Å². The molecule has 0 aliphatic heterocycles. The molecule has 0 fully saturated rings. The molecule has 0 aliphatic carbocycles. The lowest BCUT2D eigenvalue weighted by Crippen LogP contribution is -2.21. The molecule has 20 heavy (non-hydrogen) atoms. The lowest BCUT2D eigenvalue weighted by molar-refractivity contribution is 0.0955. The van der Waals surface area contributed by atoms with Crippen molar-refractivity contribution in [3.63, 3.8) is 0 Å². The zero-order valence-corrected chi connectivity index (χ0v) is 11.6. The molecule has 3 aromatic rings. The SMILES string of the molecule is Cc1[nH]ncc1CNC(=O)c1cc2cc(F)ccc2s1. The number of fused-ring (bicyclic) bond motifs is 1. The zero-order valence-electron chi connectivity index (χ0n) is 10.7. The predicted molar refractivity (Wildman–Crippen MR) is 76.3 cm³/mol. The van der Waals surface area contributed by atoms with Crippen molar-refractivity contribution in [3.8, 4) is 0 Å². The van der Waals surface area contributed by atoms with Crippen molar-refractivity contribution in [1.29, 1.82) is 0 Å². The number of hydrogen-bond donors (Lipinski definition) is 2. The summed E-state index contributed by atoms with van der Waals surface area (Å²) in [4.78, 5) is 12.7. The molecule has 3 rings (SSSR count). The molecule has 0 unspecified atom stereocenters. The number of halogens is 1. The molecule has 1 aromatic carbocycles. The first-order chi connectivity index (χ1) is 9.63. The van der Waals surface area contributed by atoms with Crippen molar-refractivity contribution in [2.75, 3.05) is 0 Å². The van der Waals surface area contributed by atoms with E-state index in [9.17, 15) is 9.18 Å². The van der Waals surface area contributed by atoms with E-state index in [1.54, 1.807) is 18.3 Å². The van der Waals surface area contributed by atoms with Crippen molar-refractivity contribution in [1.82, 2.24) is 15.5 Å². The minimum absolute atomic E-state index is 0.160. The van der Waals surface area contributed by atoms with Crippen LogP contribution in [0, 0.1) is 12.7 Å². The minimum atomic E-state index is -0.295. The van der Waals surface area contributed by atoms with Crippen LogP contribution in [0.2, 0.25) is 0 Å². The average Bonchev–Trinajstić information content (AvgIpc) is 3.01. The van der Waals surface area contributed by atoms with Gasteiger partial charge in [0.1, 0.15) is 5.82 Å². The summed E-state index contributed by atoms with van der Waals surface area (Å²) in [5, 5.41) is 10.3. The van der Waals surface area contributed by atoms with E-state index >= 15 is 0 Å². The van der Waals surface area contributed by atoms with Crippen LogP contribution in [0.3, 0.4) is 0 Å². The van der Waals surface area contributed by atoms with Crippen molar-refractivity contribution < 1.29 is 9.18 Å². The number of thiophene rings is 1. The maximum Gasteiger partial charge on any atom is 0.261 e. The maximum absolute atomic E-state index is 13.1. The number of benzene rings is 1. The van der Waals surface area contributed by atoms with Gasteiger partial charge in [0.15, 0.2) is 0 Å². The summed E-state index contributed by atoms with van der Waals surface area (Å²) < 4.78 is 14.0. The smallest absolute Gasteiger partial charge is 0.261 e. The summed E-state index contributed by atoms with van der Waals surface area (Å²) in [5.74, 6) is -0.455. The summed E-state index contributed by atoms with van der Waals surface area (Å²) in [6.07, 6.45) is 1.69. The van der Waals surface area contributed by atoms with Gasteiger partial charge >= 0.3 is 0 Å². The van der Waals surface area contributed by atoms with Crippen LogP contribution < -0.4 is 5.32 Å². The molecule has 2 heterocycles. The number of nitrogens with zero attached hydrogens (tertiary/aromatic N) is 1. The number of carbonyl (C=O) groups is 1. The summed E-state index contributed by atoms with van der Waals surface area (Å²) in [7, 11) is 0. The number of aromatic amines is 1. The van der Waals surface area contributed by atoms with Crippen LogP contribution in [-0.2, 0) is 6.54 Å². The van der Waals surface area contributed by atoms with Crippen LogP contribution in [0.4, 0.5) is 4.39 Å².